The lowest BCUT2D eigenvalue weighted by atomic mass is 10.3. The van der Waals surface area contributed by atoms with Crippen molar-refractivity contribution in [1.82, 2.24) is 15.1 Å². The van der Waals surface area contributed by atoms with E-state index >= 15 is 0 Å². The highest BCUT2D eigenvalue weighted by Gasteiger charge is 2.20. The lowest BCUT2D eigenvalue weighted by molar-refractivity contribution is 0.0785. The molecule has 1 N–H and O–H groups in total. The van der Waals surface area contributed by atoms with Gasteiger partial charge in [0.05, 0.1) is 0 Å². The third-order valence-corrected chi connectivity index (χ3v) is 2.29. The van der Waals surface area contributed by atoms with Gasteiger partial charge in [0.25, 0.3) is 11.5 Å². The molecule has 0 radical (unpaired) electrons. The van der Waals surface area contributed by atoms with Gasteiger partial charge in [-0.2, -0.15) is 5.10 Å². The molecule has 1 fully saturated rings. The van der Waals surface area contributed by atoms with E-state index in [0.29, 0.717) is 5.69 Å². The van der Waals surface area contributed by atoms with Crippen LogP contribution in [0.3, 0.4) is 0 Å². The molecular formula is C9H11N3O2. The number of carbonyl (C=O) groups excluding carboxylic acids is 1. The Hall–Kier alpha value is -1.65. The lowest BCUT2D eigenvalue weighted by Crippen LogP contribution is -2.29. The maximum atomic E-state index is 11.7. The van der Waals surface area contributed by atoms with E-state index in [9.17, 15) is 9.59 Å². The maximum Gasteiger partial charge on any atom is 0.274 e. The quantitative estimate of drug-likeness (QED) is 0.683. The van der Waals surface area contributed by atoms with Crippen LogP contribution < -0.4 is 5.56 Å². The minimum atomic E-state index is -0.289. The average Bonchev–Trinajstić information content (AvgIpc) is 2.71. The van der Waals surface area contributed by atoms with Crippen molar-refractivity contribution >= 4 is 5.91 Å². The Labute approximate surface area is 80.7 Å². The third-order valence-electron chi connectivity index (χ3n) is 2.29. The van der Waals surface area contributed by atoms with Gasteiger partial charge in [0.15, 0.2) is 0 Å². The average molecular weight is 193 g/mol. The summed E-state index contributed by atoms with van der Waals surface area (Å²) in [6.45, 7) is 1.58. The molecule has 0 unspecified atom stereocenters. The zero-order valence-corrected chi connectivity index (χ0v) is 7.69. The number of hydrogen-bond donors (Lipinski definition) is 1. The normalized spacial score (nSPS) is 15.9. The molecule has 74 valence electrons. The first-order chi connectivity index (χ1) is 6.77. The number of carbonyl (C=O) groups is 1. The molecule has 1 aliphatic heterocycles. The second-order valence-corrected chi connectivity index (χ2v) is 3.31. The fourth-order valence-corrected chi connectivity index (χ4v) is 1.55. The minimum Gasteiger partial charge on any atom is -0.337 e. The number of likely N-dealkylation sites (tertiary alicyclic amines) is 1. The Morgan fingerprint density at radius 1 is 1.36 bits per heavy atom. The van der Waals surface area contributed by atoms with Crippen LogP contribution in [-0.2, 0) is 0 Å². The summed E-state index contributed by atoms with van der Waals surface area (Å²) in [7, 11) is 0. The number of aromatic nitrogens is 2. The van der Waals surface area contributed by atoms with Gasteiger partial charge in [-0.05, 0) is 18.9 Å². The monoisotopic (exact) mass is 193 g/mol. The first kappa shape index (κ1) is 8.93. The van der Waals surface area contributed by atoms with Crippen molar-refractivity contribution in [3.63, 3.8) is 0 Å². The molecule has 1 amide bonds. The molecule has 14 heavy (non-hydrogen) atoms. The largest absolute Gasteiger partial charge is 0.337 e. The molecule has 1 aromatic rings. The number of hydrogen-bond acceptors (Lipinski definition) is 3. The summed E-state index contributed by atoms with van der Waals surface area (Å²) < 4.78 is 0. The summed E-state index contributed by atoms with van der Waals surface area (Å²) >= 11 is 0. The number of nitrogens with zero attached hydrogens (tertiary/aromatic N) is 2. The zero-order chi connectivity index (χ0) is 9.97. The van der Waals surface area contributed by atoms with Gasteiger partial charge in [-0.15, -0.1) is 0 Å². The molecule has 0 spiro atoms. The van der Waals surface area contributed by atoms with Crippen molar-refractivity contribution in [3.8, 4) is 0 Å². The standard InChI is InChI=1S/C9H11N3O2/c13-8-4-3-7(10-11-8)9(14)12-5-1-2-6-12/h3-4H,1-2,5-6H2,(H,11,13). The van der Waals surface area contributed by atoms with E-state index in [4.69, 9.17) is 0 Å². The van der Waals surface area contributed by atoms with E-state index in [1.807, 2.05) is 0 Å². The Kier molecular flexibility index (Phi) is 2.30. The van der Waals surface area contributed by atoms with Crippen LogP contribution in [0.5, 0.6) is 0 Å². The van der Waals surface area contributed by atoms with Crippen molar-refractivity contribution < 1.29 is 4.79 Å². The fourth-order valence-electron chi connectivity index (χ4n) is 1.55. The van der Waals surface area contributed by atoms with Crippen LogP contribution in [0.1, 0.15) is 23.3 Å². The van der Waals surface area contributed by atoms with Crippen LogP contribution >= 0.6 is 0 Å². The van der Waals surface area contributed by atoms with Crippen LogP contribution in [0.15, 0.2) is 16.9 Å². The number of rotatable bonds is 1. The smallest absolute Gasteiger partial charge is 0.274 e. The van der Waals surface area contributed by atoms with Crippen LogP contribution in [-0.4, -0.2) is 34.1 Å². The number of nitrogens with one attached hydrogen (secondary N) is 1. The van der Waals surface area contributed by atoms with Gasteiger partial charge >= 0.3 is 0 Å². The first-order valence-corrected chi connectivity index (χ1v) is 4.62. The summed E-state index contributed by atoms with van der Waals surface area (Å²) in [5.74, 6) is -0.0984. The highest BCUT2D eigenvalue weighted by atomic mass is 16.2. The van der Waals surface area contributed by atoms with Gasteiger partial charge in [-0.3, -0.25) is 9.59 Å². The molecule has 2 heterocycles. The van der Waals surface area contributed by atoms with Gasteiger partial charge < -0.3 is 4.90 Å². The second-order valence-electron chi connectivity index (χ2n) is 3.31. The molecule has 0 aromatic carbocycles. The third kappa shape index (κ3) is 1.66. The van der Waals surface area contributed by atoms with Crippen molar-refractivity contribution in [2.45, 2.75) is 12.8 Å². The molecule has 0 atom stereocenters. The Morgan fingerprint density at radius 3 is 2.64 bits per heavy atom. The number of aromatic amines is 1. The zero-order valence-electron chi connectivity index (χ0n) is 7.69. The SMILES string of the molecule is O=C(c1ccc(=O)[nH]n1)N1CCCC1. The van der Waals surface area contributed by atoms with Crippen molar-refractivity contribution in [3.05, 3.63) is 28.2 Å². The van der Waals surface area contributed by atoms with Crippen molar-refractivity contribution in [1.29, 1.82) is 0 Å². The maximum absolute atomic E-state index is 11.7. The second kappa shape index (κ2) is 3.61. The topological polar surface area (TPSA) is 66.1 Å². The van der Waals surface area contributed by atoms with E-state index < -0.39 is 0 Å². The van der Waals surface area contributed by atoms with Crippen molar-refractivity contribution in [2.75, 3.05) is 13.1 Å². The molecule has 2 rings (SSSR count). The van der Waals surface area contributed by atoms with Crippen molar-refractivity contribution in [2.24, 2.45) is 0 Å². The predicted octanol–water partition coefficient (Wildman–Crippen LogP) is 0.00590. The summed E-state index contributed by atoms with van der Waals surface area (Å²) in [4.78, 5) is 24.2. The van der Waals surface area contributed by atoms with Gasteiger partial charge in [-0.1, -0.05) is 0 Å². The van der Waals surface area contributed by atoms with Gasteiger partial charge in [0.2, 0.25) is 0 Å². The first-order valence-electron chi connectivity index (χ1n) is 4.62. The molecule has 5 nitrogen and oxygen atoms in total. The highest BCUT2D eigenvalue weighted by Crippen LogP contribution is 2.10. The lowest BCUT2D eigenvalue weighted by Gasteiger charge is -2.13. The summed E-state index contributed by atoms with van der Waals surface area (Å²) in [6, 6.07) is 2.77. The van der Waals surface area contributed by atoms with Gasteiger partial charge in [0, 0.05) is 19.2 Å². The van der Waals surface area contributed by atoms with Gasteiger partial charge in [0.1, 0.15) is 5.69 Å². The minimum absolute atomic E-state index is 0.0984. The predicted molar refractivity (Wildman–Crippen MR) is 50.0 cm³/mol. The molecular weight excluding hydrogens is 182 g/mol. The molecule has 1 saturated heterocycles. The van der Waals surface area contributed by atoms with E-state index in [2.05, 4.69) is 10.2 Å². The molecule has 1 aliphatic rings. The Bertz CT molecular complexity index is 373. The highest BCUT2D eigenvalue weighted by molar-refractivity contribution is 5.92. The molecule has 0 bridgehead atoms. The Morgan fingerprint density at radius 2 is 2.07 bits per heavy atom. The number of H-pyrrole nitrogens is 1. The van der Waals surface area contributed by atoms with E-state index in [0.717, 1.165) is 25.9 Å². The Balaban J connectivity index is 2.18. The van der Waals surface area contributed by atoms with Crippen LogP contribution in [0.25, 0.3) is 0 Å². The molecule has 0 saturated carbocycles. The van der Waals surface area contributed by atoms with Crippen LogP contribution in [0.4, 0.5) is 0 Å². The summed E-state index contributed by atoms with van der Waals surface area (Å²) in [5.41, 5.74) is 0.0227. The number of amides is 1. The van der Waals surface area contributed by atoms with E-state index in [1.165, 1.54) is 12.1 Å². The summed E-state index contributed by atoms with van der Waals surface area (Å²) in [5, 5.41) is 5.95. The molecule has 0 aliphatic carbocycles. The van der Waals surface area contributed by atoms with Gasteiger partial charge in [-0.25, -0.2) is 5.10 Å². The fraction of sp³-hybridized carbons (Fsp3) is 0.444. The van der Waals surface area contributed by atoms with Crippen LogP contribution in [0, 0.1) is 0 Å². The van der Waals surface area contributed by atoms with E-state index in [1.54, 1.807) is 4.90 Å². The summed E-state index contributed by atoms with van der Waals surface area (Å²) in [6.07, 6.45) is 2.10. The van der Waals surface area contributed by atoms with Crippen LogP contribution in [0.2, 0.25) is 0 Å². The molecule has 1 aromatic heterocycles. The van der Waals surface area contributed by atoms with E-state index in [-0.39, 0.29) is 11.5 Å². The molecule has 5 heteroatoms.